The van der Waals surface area contributed by atoms with E-state index in [4.69, 9.17) is 14.2 Å². The first-order valence-electron chi connectivity index (χ1n) is 13.4. The number of anilines is 4. The van der Waals surface area contributed by atoms with Crippen LogP contribution in [-0.4, -0.2) is 65.0 Å². The maximum atomic E-state index is 12.6. The first kappa shape index (κ1) is 28.9. The molecular weight excluding hydrogens is 556 g/mol. The second-order valence-corrected chi connectivity index (χ2v) is 9.08. The van der Waals surface area contributed by atoms with E-state index < -0.39 is 10.9 Å². The summed E-state index contributed by atoms with van der Waals surface area (Å²) in [5.74, 6) is 0.936. The molecule has 1 fully saturated rings. The van der Waals surface area contributed by atoms with Gasteiger partial charge in [-0.1, -0.05) is 18.2 Å². The predicted molar refractivity (Wildman–Crippen MR) is 159 cm³/mol. The number of para-hydroxylation sites is 1. The fourth-order valence-electron chi connectivity index (χ4n) is 4.03. The first-order valence-corrected chi connectivity index (χ1v) is 13.4. The Labute approximate surface area is 246 Å². The van der Waals surface area contributed by atoms with Crippen molar-refractivity contribution in [2.24, 2.45) is 5.10 Å². The summed E-state index contributed by atoms with van der Waals surface area (Å²) >= 11 is 0. The number of nitrogens with one attached hydrogen (secondary N) is 2. The van der Waals surface area contributed by atoms with Crippen LogP contribution in [0.2, 0.25) is 0 Å². The molecule has 2 N–H and O–H groups in total. The van der Waals surface area contributed by atoms with Gasteiger partial charge < -0.3 is 24.4 Å². The van der Waals surface area contributed by atoms with Crippen molar-refractivity contribution < 1.29 is 23.9 Å². The molecule has 14 nitrogen and oxygen atoms in total. The van der Waals surface area contributed by atoms with E-state index in [1.807, 2.05) is 35.2 Å². The standard InChI is InChI=1S/C29H28N8O6/c1-2-42-25-18-20(8-13-24(25)43-26(38)21-9-11-23(12-10-21)37(39)40)19-30-35-28-32-27(31-22-6-4-3-5-7-22)33-29(34-28)36-14-16-41-17-15-36/h3-13,18-19H,2,14-17H2,1H3,(H2,31,32,33,34,35)/b30-19-. The molecule has 4 aromatic rings. The highest BCUT2D eigenvalue weighted by Crippen LogP contribution is 2.29. The summed E-state index contributed by atoms with van der Waals surface area (Å²) in [6, 6.07) is 19.7. The average Bonchev–Trinajstić information content (AvgIpc) is 3.03. The predicted octanol–water partition coefficient (Wildman–Crippen LogP) is 4.42. The molecule has 0 atom stereocenters. The molecule has 5 rings (SSSR count). The number of nitro groups is 1. The number of benzene rings is 3. The second-order valence-electron chi connectivity index (χ2n) is 9.08. The summed E-state index contributed by atoms with van der Waals surface area (Å²) in [6.45, 7) is 4.59. The van der Waals surface area contributed by atoms with Gasteiger partial charge in [-0.3, -0.25) is 10.1 Å². The molecule has 0 bridgehead atoms. The average molecular weight is 585 g/mol. The molecule has 0 unspecified atom stereocenters. The van der Waals surface area contributed by atoms with Crippen molar-refractivity contribution in [3.63, 3.8) is 0 Å². The third kappa shape index (κ3) is 7.77. The molecule has 43 heavy (non-hydrogen) atoms. The minimum Gasteiger partial charge on any atom is -0.490 e. The topological polar surface area (TPSA) is 166 Å². The van der Waals surface area contributed by atoms with Crippen LogP contribution in [-0.2, 0) is 4.74 Å². The maximum Gasteiger partial charge on any atom is 0.343 e. The van der Waals surface area contributed by atoms with E-state index in [1.165, 1.54) is 24.3 Å². The number of rotatable bonds is 11. The lowest BCUT2D eigenvalue weighted by Crippen LogP contribution is -2.37. The van der Waals surface area contributed by atoms with Crippen molar-refractivity contribution in [1.82, 2.24) is 15.0 Å². The van der Waals surface area contributed by atoms with Gasteiger partial charge in [-0.25, -0.2) is 10.2 Å². The van der Waals surface area contributed by atoms with E-state index in [1.54, 1.807) is 31.3 Å². The van der Waals surface area contributed by atoms with Crippen molar-refractivity contribution in [3.05, 3.63) is 94.0 Å². The van der Waals surface area contributed by atoms with Gasteiger partial charge in [0.05, 0.1) is 36.5 Å². The number of hydrazone groups is 1. The number of aromatic nitrogens is 3. The van der Waals surface area contributed by atoms with Crippen LogP contribution in [0.3, 0.4) is 0 Å². The lowest BCUT2D eigenvalue weighted by atomic mass is 10.2. The van der Waals surface area contributed by atoms with Gasteiger partial charge in [0.2, 0.25) is 17.8 Å². The van der Waals surface area contributed by atoms with Crippen LogP contribution in [0.1, 0.15) is 22.8 Å². The molecule has 0 saturated carbocycles. The van der Waals surface area contributed by atoms with Gasteiger partial charge in [-0.15, -0.1) is 0 Å². The number of non-ortho nitro benzene ring substituents is 1. The van der Waals surface area contributed by atoms with Crippen LogP contribution in [0.5, 0.6) is 11.5 Å². The molecule has 0 spiro atoms. The number of ether oxygens (including phenoxy) is 3. The van der Waals surface area contributed by atoms with Crippen LogP contribution in [0.4, 0.5) is 29.2 Å². The van der Waals surface area contributed by atoms with Gasteiger partial charge >= 0.3 is 5.97 Å². The molecule has 3 aromatic carbocycles. The smallest absolute Gasteiger partial charge is 0.343 e. The quantitative estimate of drug-likeness (QED) is 0.0839. The minimum atomic E-state index is -0.676. The molecule has 1 aromatic heterocycles. The number of nitro benzene ring substituents is 1. The summed E-state index contributed by atoms with van der Waals surface area (Å²) in [6.07, 6.45) is 1.55. The fourth-order valence-corrected chi connectivity index (χ4v) is 4.03. The van der Waals surface area contributed by atoms with Crippen molar-refractivity contribution >= 4 is 41.4 Å². The van der Waals surface area contributed by atoms with E-state index in [9.17, 15) is 14.9 Å². The summed E-state index contributed by atoms with van der Waals surface area (Å²) in [5, 5.41) is 18.4. The van der Waals surface area contributed by atoms with Crippen LogP contribution in [0.15, 0.2) is 77.9 Å². The zero-order chi connectivity index (χ0) is 30.0. The Bertz CT molecular complexity index is 1590. The Morgan fingerprint density at radius 1 is 1.02 bits per heavy atom. The van der Waals surface area contributed by atoms with Gasteiger partial charge in [0.15, 0.2) is 11.5 Å². The van der Waals surface area contributed by atoms with E-state index in [0.29, 0.717) is 56.1 Å². The Morgan fingerprint density at radius 2 is 1.77 bits per heavy atom. The Balaban J connectivity index is 1.31. The van der Waals surface area contributed by atoms with Crippen molar-refractivity contribution in [2.75, 3.05) is 48.6 Å². The Morgan fingerprint density at radius 3 is 2.49 bits per heavy atom. The zero-order valence-electron chi connectivity index (χ0n) is 23.2. The molecule has 0 aliphatic carbocycles. The highest BCUT2D eigenvalue weighted by molar-refractivity contribution is 5.92. The van der Waals surface area contributed by atoms with E-state index in [0.717, 1.165) is 5.69 Å². The van der Waals surface area contributed by atoms with Gasteiger partial charge in [-0.05, 0) is 55.0 Å². The van der Waals surface area contributed by atoms with E-state index in [2.05, 4.69) is 30.8 Å². The van der Waals surface area contributed by atoms with Crippen molar-refractivity contribution in [1.29, 1.82) is 0 Å². The number of esters is 1. The molecule has 14 heteroatoms. The van der Waals surface area contributed by atoms with Gasteiger partial charge in [0.1, 0.15) is 0 Å². The number of carbonyl (C=O) groups is 1. The molecule has 1 aliphatic heterocycles. The van der Waals surface area contributed by atoms with Crippen molar-refractivity contribution in [3.8, 4) is 11.5 Å². The summed E-state index contributed by atoms with van der Waals surface area (Å²) in [5.41, 5.74) is 4.38. The number of hydrogen-bond acceptors (Lipinski definition) is 13. The van der Waals surface area contributed by atoms with Crippen LogP contribution >= 0.6 is 0 Å². The third-order valence-electron chi connectivity index (χ3n) is 6.11. The Hall–Kier alpha value is -5.63. The van der Waals surface area contributed by atoms with Crippen molar-refractivity contribution in [2.45, 2.75) is 6.92 Å². The van der Waals surface area contributed by atoms with Gasteiger partial charge in [0, 0.05) is 30.9 Å². The SMILES string of the molecule is CCOc1cc(/C=N\Nc2nc(Nc3ccccc3)nc(N3CCOCC3)n2)ccc1OC(=O)c1ccc([N+](=O)[O-])cc1. The first-order chi connectivity index (χ1) is 21.0. The normalized spacial score (nSPS) is 13.0. The summed E-state index contributed by atoms with van der Waals surface area (Å²) < 4.78 is 16.6. The molecule has 1 saturated heterocycles. The highest BCUT2D eigenvalue weighted by atomic mass is 16.6. The zero-order valence-corrected chi connectivity index (χ0v) is 23.2. The molecule has 2 heterocycles. The molecule has 220 valence electrons. The second kappa shape index (κ2) is 13.8. The van der Waals surface area contributed by atoms with Crippen LogP contribution in [0.25, 0.3) is 0 Å². The lowest BCUT2D eigenvalue weighted by molar-refractivity contribution is -0.384. The minimum absolute atomic E-state index is 0.123. The molecule has 0 radical (unpaired) electrons. The fraction of sp³-hybridized carbons (Fsp3) is 0.207. The Kier molecular flexibility index (Phi) is 9.29. The van der Waals surface area contributed by atoms with Gasteiger partial charge in [0.25, 0.3) is 5.69 Å². The number of hydrogen-bond donors (Lipinski definition) is 2. The monoisotopic (exact) mass is 584 g/mol. The summed E-state index contributed by atoms with van der Waals surface area (Å²) in [4.78, 5) is 38.5. The summed E-state index contributed by atoms with van der Waals surface area (Å²) in [7, 11) is 0. The molecule has 1 aliphatic rings. The third-order valence-corrected chi connectivity index (χ3v) is 6.11. The van der Waals surface area contributed by atoms with E-state index >= 15 is 0 Å². The lowest BCUT2D eigenvalue weighted by Gasteiger charge is -2.27. The number of morpholine rings is 1. The highest BCUT2D eigenvalue weighted by Gasteiger charge is 2.17. The van der Waals surface area contributed by atoms with E-state index in [-0.39, 0.29) is 22.9 Å². The molecule has 0 amide bonds. The molecular formula is C29H28N8O6. The maximum absolute atomic E-state index is 12.6. The largest absolute Gasteiger partial charge is 0.490 e. The van der Waals surface area contributed by atoms with Crippen LogP contribution in [0, 0.1) is 10.1 Å². The van der Waals surface area contributed by atoms with Crippen LogP contribution < -0.4 is 25.1 Å². The number of carbonyl (C=O) groups excluding carboxylic acids is 1. The van der Waals surface area contributed by atoms with Gasteiger partial charge in [-0.2, -0.15) is 20.1 Å². The number of nitrogens with zero attached hydrogens (tertiary/aromatic N) is 6.